The Morgan fingerprint density at radius 1 is 1.35 bits per heavy atom. The van der Waals surface area contributed by atoms with Crippen molar-refractivity contribution in [3.05, 3.63) is 35.4 Å². The van der Waals surface area contributed by atoms with Crippen molar-refractivity contribution in [1.29, 1.82) is 0 Å². The summed E-state index contributed by atoms with van der Waals surface area (Å²) in [4.78, 5) is 23.6. The van der Waals surface area contributed by atoms with Gasteiger partial charge in [-0.1, -0.05) is 12.1 Å². The second-order valence-corrected chi connectivity index (χ2v) is 4.73. The first-order valence-electron chi connectivity index (χ1n) is 5.96. The summed E-state index contributed by atoms with van der Waals surface area (Å²) in [6.07, 6.45) is -0.737. The number of rotatable bonds is 3. The minimum atomic E-state index is -2.46. The summed E-state index contributed by atoms with van der Waals surface area (Å²) < 4.78 is 40.2. The number of hydrogen-bond acceptors (Lipinski definition) is 2. The molecule has 7 heteroatoms. The summed E-state index contributed by atoms with van der Waals surface area (Å²) in [5.74, 6) is -4.44. The summed E-state index contributed by atoms with van der Waals surface area (Å²) in [7, 11) is 0. The quantitative estimate of drug-likeness (QED) is 0.917. The molecular formula is C13H12F3NO3. The second-order valence-electron chi connectivity index (χ2n) is 4.73. The Kier molecular flexibility index (Phi) is 3.69. The van der Waals surface area contributed by atoms with Crippen LogP contribution in [0, 0.1) is 11.6 Å². The molecule has 1 amide bonds. The van der Waals surface area contributed by atoms with E-state index in [1.165, 1.54) is 12.1 Å². The SMILES string of the molecule is O=C(Cc1cccc(F)c1F)N1CCC(F)(C(=O)O)C1. The van der Waals surface area contributed by atoms with E-state index in [9.17, 15) is 22.8 Å². The third-order valence-corrected chi connectivity index (χ3v) is 3.33. The van der Waals surface area contributed by atoms with Crippen molar-refractivity contribution in [2.75, 3.05) is 13.1 Å². The van der Waals surface area contributed by atoms with Crippen LogP contribution in [0.2, 0.25) is 0 Å². The lowest BCUT2D eigenvalue weighted by Gasteiger charge is -2.18. The first-order valence-corrected chi connectivity index (χ1v) is 5.96. The van der Waals surface area contributed by atoms with Crippen LogP contribution < -0.4 is 0 Å². The highest BCUT2D eigenvalue weighted by molar-refractivity contribution is 5.83. The van der Waals surface area contributed by atoms with E-state index in [4.69, 9.17) is 5.11 Å². The molecule has 1 unspecified atom stereocenters. The van der Waals surface area contributed by atoms with Gasteiger partial charge in [-0.05, 0) is 6.07 Å². The molecule has 1 aromatic carbocycles. The van der Waals surface area contributed by atoms with Gasteiger partial charge in [0.25, 0.3) is 0 Å². The smallest absolute Gasteiger partial charge is 0.343 e. The molecule has 1 atom stereocenters. The molecule has 1 heterocycles. The maximum atomic E-state index is 13.8. The van der Waals surface area contributed by atoms with Gasteiger partial charge in [-0.25, -0.2) is 18.0 Å². The minimum Gasteiger partial charge on any atom is -0.479 e. The van der Waals surface area contributed by atoms with Crippen LogP contribution in [0.25, 0.3) is 0 Å². The number of halogens is 3. The van der Waals surface area contributed by atoms with Gasteiger partial charge in [0.2, 0.25) is 11.6 Å². The predicted octanol–water partition coefficient (Wildman–Crippen LogP) is 1.53. The van der Waals surface area contributed by atoms with E-state index in [0.717, 1.165) is 11.0 Å². The van der Waals surface area contributed by atoms with Crippen molar-refractivity contribution < 1.29 is 27.9 Å². The zero-order valence-electron chi connectivity index (χ0n) is 10.4. The molecule has 1 saturated heterocycles. The number of amides is 1. The maximum absolute atomic E-state index is 13.8. The average molecular weight is 287 g/mol. The number of alkyl halides is 1. The molecule has 0 aliphatic carbocycles. The number of carboxylic acids is 1. The molecule has 1 aliphatic rings. The molecule has 0 aromatic heterocycles. The van der Waals surface area contributed by atoms with E-state index < -0.39 is 42.1 Å². The Morgan fingerprint density at radius 3 is 2.65 bits per heavy atom. The van der Waals surface area contributed by atoms with Crippen LogP contribution in [-0.4, -0.2) is 40.6 Å². The average Bonchev–Trinajstić information content (AvgIpc) is 2.79. The van der Waals surface area contributed by atoms with Gasteiger partial charge in [0.1, 0.15) is 0 Å². The summed E-state index contributed by atoms with van der Waals surface area (Å²) in [5.41, 5.74) is -2.60. The first kappa shape index (κ1) is 14.4. The number of nitrogens with zero attached hydrogens (tertiary/aromatic N) is 1. The molecule has 1 aromatic rings. The number of benzene rings is 1. The molecule has 0 bridgehead atoms. The zero-order valence-corrected chi connectivity index (χ0v) is 10.4. The third-order valence-electron chi connectivity index (χ3n) is 3.33. The van der Waals surface area contributed by atoms with Gasteiger partial charge in [-0.2, -0.15) is 0 Å². The molecule has 4 nitrogen and oxygen atoms in total. The lowest BCUT2D eigenvalue weighted by Crippen LogP contribution is -2.39. The summed E-state index contributed by atoms with van der Waals surface area (Å²) in [6.45, 7) is -0.628. The first-order chi connectivity index (χ1) is 9.33. The molecule has 0 saturated carbocycles. The van der Waals surface area contributed by atoms with E-state index in [2.05, 4.69) is 0 Å². The van der Waals surface area contributed by atoms with E-state index in [0.29, 0.717) is 0 Å². The number of aliphatic carboxylic acids is 1. The largest absolute Gasteiger partial charge is 0.479 e. The second kappa shape index (κ2) is 5.15. The molecular weight excluding hydrogens is 275 g/mol. The van der Waals surface area contributed by atoms with Crippen LogP contribution >= 0.6 is 0 Å². The highest BCUT2D eigenvalue weighted by Crippen LogP contribution is 2.26. The van der Waals surface area contributed by atoms with E-state index in [1.54, 1.807) is 0 Å². The minimum absolute atomic E-state index is 0.0570. The highest BCUT2D eigenvalue weighted by Gasteiger charge is 2.46. The topological polar surface area (TPSA) is 57.6 Å². The Bertz CT molecular complexity index is 564. The van der Waals surface area contributed by atoms with Crippen molar-refractivity contribution in [3.8, 4) is 0 Å². The van der Waals surface area contributed by atoms with Crippen molar-refractivity contribution in [3.63, 3.8) is 0 Å². The molecule has 0 spiro atoms. The Balaban J connectivity index is 2.07. The molecule has 2 rings (SSSR count). The van der Waals surface area contributed by atoms with E-state index in [1.807, 2.05) is 0 Å². The van der Waals surface area contributed by atoms with Crippen LogP contribution in [0.15, 0.2) is 18.2 Å². The van der Waals surface area contributed by atoms with E-state index in [-0.39, 0.29) is 18.5 Å². The van der Waals surface area contributed by atoms with Gasteiger partial charge in [0.15, 0.2) is 11.6 Å². The fourth-order valence-corrected chi connectivity index (χ4v) is 2.12. The monoisotopic (exact) mass is 287 g/mol. The van der Waals surface area contributed by atoms with Gasteiger partial charge in [0.05, 0.1) is 13.0 Å². The zero-order chi connectivity index (χ0) is 14.9. The lowest BCUT2D eigenvalue weighted by atomic mass is 10.1. The number of carbonyl (C=O) groups is 2. The fraction of sp³-hybridized carbons (Fsp3) is 0.385. The molecule has 0 radical (unpaired) electrons. The van der Waals surface area contributed by atoms with Gasteiger partial charge < -0.3 is 10.0 Å². The third kappa shape index (κ3) is 2.61. The molecule has 108 valence electrons. The maximum Gasteiger partial charge on any atom is 0.343 e. The number of likely N-dealkylation sites (tertiary alicyclic amines) is 1. The molecule has 1 fully saturated rings. The highest BCUT2D eigenvalue weighted by atomic mass is 19.2. The van der Waals surface area contributed by atoms with Crippen LogP contribution in [0.3, 0.4) is 0 Å². The molecule has 1 aliphatic heterocycles. The van der Waals surface area contributed by atoms with Gasteiger partial charge in [-0.15, -0.1) is 0 Å². The lowest BCUT2D eigenvalue weighted by molar-refractivity contribution is -0.150. The van der Waals surface area contributed by atoms with Crippen molar-refractivity contribution in [2.24, 2.45) is 0 Å². The number of hydrogen-bond donors (Lipinski definition) is 1. The molecule has 20 heavy (non-hydrogen) atoms. The fourth-order valence-electron chi connectivity index (χ4n) is 2.12. The summed E-state index contributed by atoms with van der Waals surface area (Å²) in [6, 6.07) is 3.45. The van der Waals surface area contributed by atoms with Crippen LogP contribution in [0.5, 0.6) is 0 Å². The Hall–Kier alpha value is -2.05. The van der Waals surface area contributed by atoms with Gasteiger partial charge >= 0.3 is 5.97 Å². The van der Waals surface area contributed by atoms with Crippen LogP contribution in [0.1, 0.15) is 12.0 Å². The van der Waals surface area contributed by atoms with Crippen LogP contribution in [0.4, 0.5) is 13.2 Å². The van der Waals surface area contributed by atoms with E-state index >= 15 is 0 Å². The summed E-state index contributed by atoms with van der Waals surface area (Å²) in [5, 5.41) is 8.72. The van der Waals surface area contributed by atoms with Crippen LogP contribution in [-0.2, 0) is 16.0 Å². The van der Waals surface area contributed by atoms with Crippen molar-refractivity contribution in [2.45, 2.75) is 18.5 Å². The van der Waals surface area contributed by atoms with Crippen molar-refractivity contribution in [1.82, 2.24) is 4.90 Å². The van der Waals surface area contributed by atoms with Gasteiger partial charge in [-0.3, -0.25) is 4.79 Å². The molecule has 1 N–H and O–H groups in total. The summed E-state index contributed by atoms with van der Waals surface area (Å²) >= 11 is 0. The number of carbonyl (C=O) groups excluding carboxylic acids is 1. The number of carboxylic acid groups (broad SMARTS) is 1. The standard InChI is InChI=1S/C13H12F3NO3/c14-9-3-1-2-8(11(9)15)6-10(18)17-5-4-13(16,7-17)12(19)20/h1-3H,4-7H2,(H,19,20). The normalized spacial score (nSPS) is 22.1. The van der Waals surface area contributed by atoms with Gasteiger partial charge in [0, 0.05) is 18.5 Å². The van der Waals surface area contributed by atoms with Crippen molar-refractivity contribution >= 4 is 11.9 Å². The Labute approximate surface area is 112 Å². The Morgan fingerprint density at radius 2 is 2.05 bits per heavy atom. The predicted molar refractivity (Wildman–Crippen MR) is 62.7 cm³/mol.